The van der Waals surface area contributed by atoms with E-state index in [0.29, 0.717) is 30.0 Å². The number of likely N-dealkylation sites (N-methyl/N-ethyl adjacent to an activating group) is 1. The maximum atomic E-state index is 14.1. The smallest absolute Gasteiger partial charge is 0.251 e. The zero-order chi connectivity index (χ0) is 26.3. The molecule has 0 unspecified atom stereocenters. The van der Waals surface area contributed by atoms with Gasteiger partial charge in [0.05, 0.1) is 22.9 Å². The molecule has 2 N–H and O–H groups in total. The van der Waals surface area contributed by atoms with Crippen LogP contribution in [-0.2, 0) is 19.8 Å². The van der Waals surface area contributed by atoms with E-state index in [1.807, 2.05) is 32.1 Å². The summed E-state index contributed by atoms with van der Waals surface area (Å²) in [4.78, 5) is 44.3. The van der Waals surface area contributed by atoms with Crippen LogP contribution in [0.3, 0.4) is 0 Å². The Hall–Kier alpha value is -3.33. The number of carbonyl (C=O) groups excluding carboxylic acids is 3. The molecule has 194 valence electrons. The predicted octanol–water partition coefficient (Wildman–Crippen LogP) is 2.10. The number of aliphatic hydroxyl groups excluding tert-OH is 1. The number of piperidine rings is 2. The van der Waals surface area contributed by atoms with Gasteiger partial charge in [-0.15, -0.1) is 0 Å². The number of fused-ring (bicyclic) bond motifs is 5. The molecular formula is C28H31N3O6. The van der Waals surface area contributed by atoms with Gasteiger partial charge in [0.2, 0.25) is 11.8 Å². The minimum absolute atomic E-state index is 0.139. The van der Waals surface area contributed by atoms with Crippen LogP contribution in [0.2, 0.25) is 0 Å². The van der Waals surface area contributed by atoms with Crippen LogP contribution in [0.4, 0.5) is 5.69 Å². The third-order valence-corrected chi connectivity index (χ3v) is 10.4. The Morgan fingerprint density at radius 3 is 2.65 bits per heavy atom. The van der Waals surface area contributed by atoms with E-state index >= 15 is 0 Å². The van der Waals surface area contributed by atoms with Crippen molar-refractivity contribution in [2.45, 2.75) is 68.7 Å². The molecule has 4 fully saturated rings. The van der Waals surface area contributed by atoms with Gasteiger partial charge in [-0.2, -0.15) is 0 Å². The lowest BCUT2D eigenvalue weighted by molar-refractivity contribution is -0.206. The number of ether oxygens (including phenoxy) is 2. The number of rotatable bonds is 0. The van der Waals surface area contributed by atoms with Crippen LogP contribution in [0, 0.1) is 11.3 Å². The summed E-state index contributed by atoms with van der Waals surface area (Å²) < 4.78 is 12.2. The molecule has 1 aromatic carbocycles. The molecule has 0 aromatic heterocycles. The minimum atomic E-state index is -1.35. The second-order valence-electron chi connectivity index (χ2n) is 12.6. The maximum Gasteiger partial charge on any atom is 0.251 e. The van der Waals surface area contributed by atoms with Gasteiger partial charge in [-0.05, 0) is 61.8 Å². The quantitative estimate of drug-likeness (QED) is 0.559. The molecule has 3 saturated heterocycles. The molecule has 5 atom stereocenters. The van der Waals surface area contributed by atoms with Crippen molar-refractivity contribution in [3.8, 4) is 11.5 Å². The van der Waals surface area contributed by atoms with Gasteiger partial charge >= 0.3 is 0 Å². The number of nitrogens with zero attached hydrogens (tertiary/aromatic N) is 2. The molecular weight excluding hydrogens is 474 g/mol. The first kappa shape index (κ1) is 22.8. The van der Waals surface area contributed by atoms with Crippen LogP contribution in [0.25, 0.3) is 0 Å². The normalized spacial score (nSPS) is 39.5. The molecule has 9 heteroatoms. The van der Waals surface area contributed by atoms with Gasteiger partial charge in [0, 0.05) is 19.7 Å². The molecule has 6 heterocycles. The molecule has 3 spiro atoms. The first-order valence-corrected chi connectivity index (χ1v) is 12.8. The van der Waals surface area contributed by atoms with E-state index in [-0.39, 0.29) is 30.2 Å². The predicted molar refractivity (Wildman–Crippen MR) is 133 cm³/mol. The maximum absolute atomic E-state index is 14.1. The van der Waals surface area contributed by atoms with Crippen LogP contribution in [0.1, 0.15) is 46.1 Å². The Bertz CT molecular complexity index is 1380. The van der Waals surface area contributed by atoms with E-state index in [1.165, 1.54) is 12.2 Å². The van der Waals surface area contributed by atoms with Crippen molar-refractivity contribution < 1.29 is 29.0 Å². The highest BCUT2D eigenvalue weighted by molar-refractivity contribution is 6.10. The monoisotopic (exact) mass is 505 g/mol. The van der Waals surface area contributed by atoms with E-state index in [0.717, 1.165) is 5.56 Å². The lowest BCUT2D eigenvalue weighted by atomic mass is 9.56. The van der Waals surface area contributed by atoms with Gasteiger partial charge in [0.1, 0.15) is 11.7 Å². The first-order chi connectivity index (χ1) is 17.3. The standard InChI is InChI=1S/C28H31N3O6/c1-24(2)10-11-36-21-16(37-24)7-6-15-20(21)29-22(34)27(15)13-26-14-31-19(33)9-8-18(32)28(31,23(35)30(26)5)12-17(26)25(27,3)4/h6-11,17-18,32H,12-14H2,1-5H3,(H,29,34)/t17-,18-,26+,27+,28+/m0/s1. The van der Waals surface area contributed by atoms with Crippen molar-refractivity contribution in [3.05, 3.63) is 42.2 Å². The zero-order valence-corrected chi connectivity index (χ0v) is 21.6. The number of piperazine rings is 1. The molecule has 1 aliphatic carbocycles. The van der Waals surface area contributed by atoms with Gasteiger partial charge in [-0.3, -0.25) is 14.4 Å². The fourth-order valence-electron chi connectivity index (χ4n) is 8.47. The van der Waals surface area contributed by atoms with Gasteiger partial charge in [0.25, 0.3) is 5.91 Å². The SMILES string of the molecule is CN1C(=O)[C@]23C[C@H]4C(C)(C)[C@@]5(C[C@@]41CN2C(=O)C=C[C@@H]3O)C(=O)Nc1c5ccc2c1OC=CC(C)(C)O2. The van der Waals surface area contributed by atoms with Gasteiger partial charge in [-0.25, -0.2) is 0 Å². The largest absolute Gasteiger partial charge is 0.480 e. The Kier molecular flexibility index (Phi) is 3.94. The topological polar surface area (TPSA) is 108 Å². The molecule has 1 aromatic rings. The molecule has 2 bridgehead atoms. The van der Waals surface area contributed by atoms with Crippen LogP contribution in [0.5, 0.6) is 11.5 Å². The van der Waals surface area contributed by atoms with E-state index < -0.39 is 33.6 Å². The molecule has 0 radical (unpaired) electrons. The summed E-state index contributed by atoms with van der Waals surface area (Å²) in [6, 6.07) is 3.79. The second-order valence-corrected chi connectivity index (χ2v) is 12.6. The number of hydrogen-bond donors (Lipinski definition) is 2. The van der Waals surface area contributed by atoms with Crippen LogP contribution < -0.4 is 14.8 Å². The van der Waals surface area contributed by atoms with Gasteiger partial charge < -0.3 is 29.7 Å². The van der Waals surface area contributed by atoms with Crippen molar-refractivity contribution in [2.75, 3.05) is 18.9 Å². The summed E-state index contributed by atoms with van der Waals surface area (Å²) in [6.45, 7) is 8.30. The molecule has 8 rings (SSSR count). The Morgan fingerprint density at radius 1 is 1.14 bits per heavy atom. The van der Waals surface area contributed by atoms with Crippen molar-refractivity contribution in [1.82, 2.24) is 9.80 Å². The van der Waals surface area contributed by atoms with E-state index in [4.69, 9.17) is 9.47 Å². The minimum Gasteiger partial charge on any atom is -0.480 e. The average Bonchev–Trinajstić information content (AvgIpc) is 3.15. The second kappa shape index (κ2) is 6.38. The third kappa shape index (κ3) is 2.30. The summed E-state index contributed by atoms with van der Waals surface area (Å²) in [5.74, 6) is 0.182. The highest BCUT2D eigenvalue weighted by Crippen LogP contribution is 2.72. The summed E-state index contributed by atoms with van der Waals surface area (Å²) in [7, 11) is 1.76. The fourth-order valence-corrected chi connectivity index (χ4v) is 8.47. The first-order valence-electron chi connectivity index (χ1n) is 12.8. The van der Waals surface area contributed by atoms with Crippen LogP contribution >= 0.6 is 0 Å². The summed E-state index contributed by atoms with van der Waals surface area (Å²) in [5, 5.41) is 14.2. The summed E-state index contributed by atoms with van der Waals surface area (Å²) in [6.07, 6.45) is 5.75. The lowest BCUT2D eigenvalue weighted by Crippen LogP contribution is -2.84. The number of amides is 3. The number of hydrogen-bond acceptors (Lipinski definition) is 6. The van der Waals surface area contributed by atoms with Crippen molar-refractivity contribution in [3.63, 3.8) is 0 Å². The molecule has 7 aliphatic rings. The average molecular weight is 506 g/mol. The van der Waals surface area contributed by atoms with Crippen molar-refractivity contribution >= 4 is 23.4 Å². The molecule has 3 amide bonds. The highest BCUT2D eigenvalue weighted by atomic mass is 16.5. The molecule has 37 heavy (non-hydrogen) atoms. The van der Waals surface area contributed by atoms with Gasteiger partial charge in [0.15, 0.2) is 17.0 Å². The number of aliphatic hydroxyl groups is 1. The van der Waals surface area contributed by atoms with Crippen LogP contribution in [-0.4, -0.2) is 69.0 Å². The number of nitrogens with one attached hydrogen (secondary N) is 1. The lowest BCUT2D eigenvalue weighted by Gasteiger charge is -2.66. The summed E-state index contributed by atoms with van der Waals surface area (Å²) >= 11 is 0. The Labute approximate surface area is 215 Å². The zero-order valence-electron chi connectivity index (χ0n) is 21.6. The third-order valence-electron chi connectivity index (χ3n) is 10.4. The highest BCUT2D eigenvalue weighted by Gasteiger charge is 2.80. The van der Waals surface area contributed by atoms with Crippen molar-refractivity contribution in [2.24, 2.45) is 11.3 Å². The van der Waals surface area contributed by atoms with Gasteiger partial charge in [-0.1, -0.05) is 19.9 Å². The molecule has 1 saturated carbocycles. The van der Waals surface area contributed by atoms with E-state index in [9.17, 15) is 19.5 Å². The summed E-state index contributed by atoms with van der Waals surface area (Å²) in [5.41, 5.74) is -2.88. The molecule has 9 nitrogen and oxygen atoms in total. The van der Waals surface area contributed by atoms with Crippen LogP contribution in [0.15, 0.2) is 36.6 Å². The number of carbonyl (C=O) groups is 3. The Morgan fingerprint density at radius 2 is 1.89 bits per heavy atom. The fraction of sp³-hybridized carbons (Fsp3) is 0.536. The van der Waals surface area contributed by atoms with Crippen molar-refractivity contribution in [1.29, 1.82) is 0 Å². The number of benzene rings is 1. The Balaban J connectivity index is 1.42. The number of anilines is 1. The van der Waals surface area contributed by atoms with E-state index in [1.54, 1.807) is 23.1 Å². The molecule has 6 aliphatic heterocycles. The van der Waals surface area contributed by atoms with E-state index in [2.05, 4.69) is 19.2 Å².